The Morgan fingerprint density at radius 3 is 2.75 bits per heavy atom. The van der Waals surface area contributed by atoms with E-state index >= 15 is 0 Å². The van der Waals surface area contributed by atoms with E-state index in [0.29, 0.717) is 24.7 Å². The minimum Gasteiger partial charge on any atom is -0.353 e. The molecule has 0 unspecified atom stereocenters. The van der Waals surface area contributed by atoms with E-state index in [1.807, 2.05) is 0 Å². The maximum atomic E-state index is 11.8. The van der Waals surface area contributed by atoms with Crippen LogP contribution in [0.1, 0.15) is 49.0 Å². The lowest BCUT2D eigenvalue weighted by atomic mass is 9.95. The van der Waals surface area contributed by atoms with E-state index in [9.17, 15) is 9.59 Å². The van der Waals surface area contributed by atoms with Crippen LogP contribution in [0.3, 0.4) is 0 Å². The third kappa shape index (κ3) is 4.08. The second-order valence-corrected chi connectivity index (χ2v) is 5.25. The van der Waals surface area contributed by atoms with Crippen molar-refractivity contribution in [1.29, 1.82) is 0 Å². The SMILES string of the molecule is Cn1nccc1C(=O)NCCC(=O)NC1CCCCC1. The van der Waals surface area contributed by atoms with Crippen LogP contribution in [0.2, 0.25) is 0 Å². The summed E-state index contributed by atoms with van der Waals surface area (Å²) in [5.74, 6) is -0.183. The Labute approximate surface area is 118 Å². The number of amides is 2. The number of aromatic nitrogens is 2. The molecule has 0 bridgehead atoms. The zero-order chi connectivity index (χ0) is 14.4. The second kappa shape index (κ2) is 7.07. The molecular formula is C14H22N4O2. The number of hydrogen-bond acceptors (Lipinski definition) is 3. The van der Waals surface area contributed by atoms with Crippen LogP contribution in [0.4, 0.5) is 0 Å². The van der Waals surface area contributed by atoms with Gasteiger partial charge in [0.15, 0.2) is 0 Å². The lowest BCUT2D eigenvalue weighted by Crippen LogP contribution is -2.38. The summed E-state index contributed by atoms with van der Waals surface area (Å²) < 4.78 is 1.51. The van der Waals surface area contributed by atoms with Gasteiger partial charge in [0.25, 0.3) is 5.91 Å². The molecule has 1 heterocycles. The van der Waals surface area contributed by atoms with E-state index in [1.54, 1.807) is 19.3 Å². The molecule has 2 rings (SSSR count). The van der Waals surface area contributed by atoms with E-state index < -0.39 is 0 Å². The molecule has 1 aromatic heterocycles. The van der Waals surface area contributed by atoms with Crippen LogP contribution in [0.15, 0.2) is 12.3 Å². The summed E-state index contributed by atoms with van der Waals surface area (Å²) in [4.78, 5) is 23.6. The summed E-state index contributed by atoms with van der Waals surface area (Å²) in [7, 11) is 1.71. The molecule has 1 fully saturated rings. The Morgan fingerprint density at radius 1 is 1.35 bits per heavy atom. The average Bonchev–Trinajstić information content (AvgIpc) is 2.86. The van der Waals surface area contributed by atoms with Gasteiger partial charge in [-0.05, 0) is 18.9 Å². The van der Waals surface area contributed by atoms with Crippen molar-refractivity contribution in [2.75, 3.05) is 6.54 Å². The van der Waals surface area contributed by atoms with E-state index in [0.717, 1.165) is 12.8 Å². The van der Waals surface area contributed by atoms with Gasteiger partial charge in [-0.25, -0.2) is 0 Å². The molecule has 110 valence electrons. The largest absolute Gasteiger partial charge is 0.353 e. The summed E-state index contributed by atoms with van der Waals surface area (Å²) in [6.07, 6.45) is 7.71. The van der Waals surface area contributed by atoms with Gasteiger partial charge in [-0.3, -0.25) is 14.3 Å². The third-order valence-electron chi connectivity index (χ3n) is 3.66. The summed E-state index contributed by atoms with van der Waals surface area (Å²) in [6.45, 7) is 0.350. The second-order valence-electron chi connectivity index (χ2n) is 5.25. The maximum Gasteiger partial charge on any atom is 0.269 e. The lowest BCUT2D eigenvalue weighted by Gasteiger charge is -2.22. The quantitative estimate of drug-likeness (QED) is 0.843. The first-order valence-electron chi connectivity index (χ1n) is 7.22. The lowest BCUT2D eigenvalue weighted by molar-refractivity contribution is -0.121. The molecule has 20 heavy (non-hydrogen) atoms. The normalized spacial score (nSPS) is 15.8. The van der Waals surface area contributed by atoms with Crippen LogP contribution in [-0.2, 0) is 11.8 Å². The molecule has 1 aliphatic rings. The van der Waals surface area contributed by atoms with Crippen molar-refractivity contribution in [1.82, 2.24) is 20.4 Å². The monoisotopic (exact) mass is 278 g/mol. The standard InChI is InChI=1S/C14H22N4O2/c1-18-12(7-10-16-18)14(20)15-9-8-13(19)17-11-5-3-2-4-6-11/h7,10-11H,2-6,8-9H2,1H3,(H,15,20)(H,17,19). The van der Waals surface area contributed by atoms with Crippen molar-refractivity contribution in [3.05, 3.63) is 18.0 Å². The third-order valence-corrected chi connectivity index (χ3v) is 3.66. The summed E-state index contributed by atoms with van der Waals surface area (Å²) in [6, 6.07) is 1.97. The fraction of sp³-hybridized carbons (Fsp3) is 0.643. The maximum absolute atomic E-state index is 11.8. The van der Waals surface area contributed by atoms with Crippen molar-refractivity contribution in [3.8, 4) is 0 Å². The zero-order valence-electron chi connectivity index (χ0n) is 11.9. The Kier molecular flexibility index (Phi) is 5.15. The van der Waals surface area contributed by atoms with Gasteiger partial charge < -0.3 is 10.6 Å². The molecule has 0 aromatic carbocycles. The molecule has 1 saturated carbocycles. The van der Waals surface area contributed by atoms with Crippen molar-refractivity contribution < 1.29 is 9.59 Å². The molecule has 0 saturated heterocycles. The van der Waals surface area contributed by atoms with Gasteiger partial charge in [0.05, 0.1) is 0 Å². The van der Waals surface area contributed by atoms with Crippen LogP contribution in [0.5, 0.6) is 0 Å². The predicted molar refractivity (Wildman–Crippen MR) is 75.2 cm³/mol. The van der Waals surface area contributed by atoms with E-state index in [2.05, 4.69) is 15.7 Å². The van der Waals surface area contributed by atoms with Gasteiger partial charge in [0, 0.05) is 32.3 Å². The molecule has 1 aromatic rings. The number of aryl methyl sites for hydroxylation is 1. The summed E-state index contributed by atoms with van der Waals surface area (Å²) in [5.41, 5.74) is 0.498. The number of carbonyl (C=O) groups is 2. The minimum absolute atomic E-state index is 0.0159. The highest BCUT2D eigenvalue weighted by Crippen LogP contribution is 2.17. The molecule has 0 aliphatic heterocycles. The number of rotatable bonds is 5. The number of nitrogens with one attached hydrogen (secondary N) is 2. The Morgan fingerprint density at radius 2 is 2.10 bits per heavy atom. The van der Waals surface area contributed by atoms with Crippen molar-refractivity contribution in [2.24, 2.45) is 7.05 Å². The Hall–Kier alpha value is -1.85. The van der Waals surface area contributed by atoms with Crippen molar-refractivity contribution in [3.63, 3.8) is 0 Å². The molecule has 2 amide bonds. The number of nitrogens with zero attached hydrogens (tertiary/aromatic N) is 2. The highest BCUT2D eigenvalue weighted by molar-refractivity contribution is 5.92. The average molecular weight is 278 g/mol. The number of hydrogen-bond donors (Lipinski definition) is 2. The highest BCUT2D eigenvalue weighted by atomic mass is 16.2. The van der Waals surface area contributed by atoms with Gasteiger partial charge >= 0.3 is 0 Å². The molecule has 6 heteroatoms. The van der Waals surface area contributed by atoms with Gasteiger partial charge in [-0.15, -0.1) is 0 Å². The first kappa shape index (κ1) is 14.6. The first-order chi connectivity index (χ1) is 9.66. The van der Waals surface area contributed by atoms with Gasteiger partial charge in [0.2, 0.25) is 5.91 Å². The van der Waals surface area contributed by atoms with Crippen molar-refractivity contribution >= 4 is 11.8 Å². The van der Waals surface area contributed by atoms with Crippen LogP contribution in [0, 0.1) is 0 Å². The van der Waals surface area contributed by atoms with Crippen LogP contribution >= 0.6 is 0 Å². The van der Waals surface area contributed by atoms with Crippen molar-refractivity contribution in [2.45, 2.75) is 44.6 Å². The summed E-state index contributed by atoms with van der Waals surface area (Å²) >= 11 is 0. The molecule has 6 nitrogen and oxygen atoms in total. The van der Waals surface area contributed by atoms with E-state index in [4.69, 9.17) is 0 Å². The molecule has 0 spiro atoms. The van der Waals surface area contributed by atoms with Crippen LogP contribution in [-0.4, -0.2) is 34.2 Å². The molecule has 0 radical (unpaired) electrons. The zero-order valence-corrected chi connectivity index (χ0v) is 11.9. The predicted octanol–water partition coefficient (Wildman–Crippen LogP) is 0.989. The Bertz CT molecular complexity index is 463. The smallest absolute Gasteiger partial charge is 0.269 e. The van der Waals surface area contributed by atoms with Gasteiger partial charge in [-0.1, -0.05) is 19.3 Å². The van der Waals surface area contributed by atoms with E-state index in [-0.39, 0.29) is 11.8 Å². The van der Waals surface area contributed by atoms with E-state index in [1.165, 1.54) is 23.9 Å². The summed E-state index contributed by atoms with van der Waals surface area (Å²) in [5, 5.41) is 9.70. The fourth-order valence-electron chi connectivity index (χ4n) is 2.52. The fourth-order valence-corrected chi connectivity index (χ4v) is 2.52. The number of carbonyl (C=O) groups excluding carboxylic acids is 2. The molecule has 0 atom stereocenters. The molecule has 1 aliphatic carbocycles. The molecule has 2 N–H and O–H groups in total. The minimum atomic E-state index is -0.199. The highest BCUT2D eigenvalue weighted by Gasteiger charge is 2.15. The van der Waals surface area contributed by atoms with Gasteiger partial charge in [-0.2, -0.15) is 5.10 Å². The van der Waals surface area contributed by atoms with Crippen LogP contribution in [0.25, 0.3) is 0 Å². The Balaban J connectivity index is 1.66. The topological polar surface area (TPSA) is 76.0 Å². The van der Waals surface area contributed by atoms with Gasteiger partial charge in [0.1, 0.15) is 5.69 Å². The van der Waals surface area contributed by atoms with Crippen LogP contribution < -0.4 is 10.6 Å². The molecular weight excluding hydrogens is 256 g/mol. The first-order valence-corrected chi connectivity index (χ1v) is 7.22.